The van der Waals surface area contributed by atoms with Crippen molar-refractivity contribution in [2.24, 2.45) is 5.92 Å². The molecule has 0 aliphatic carbocycles. The topological polar surface area (TPSA) is 29.1 Å². The van der Waals surface area contributed by atoms with Crippen LogP contribution in [0.3, 0.4) is 0 Å². The van der Waals surface area contributed by atoms with Gasteiger partial charge in [0.1, 0.15) is 0 Å². The van der Waals surface area contributed by atoms with Gasteiger partial charge in [0, 0.05) is 12.5 Å². The molecule has 3 nitrogen and oxygen atoms in total. The van der Waals surface area contributed by atoms with Crippen LogP contribution in [0.2, 0.25) is 0 Å². The first-order chi connectivity index (χ1) is 5.85. The number of nitrogens with one attached hydrogen (secondary N) is 1. The Labute approximate surface area is 81.0 Å². The van der Waals surface area contributed by atoms with Crippen molar-refractivity contribution in [1.29, 1.82) is 0 Å². The molecular formula is C10H21N2O+. The van der Waals surface area contributed by atoms with Crippen molar-refractivity contribution in [3.05, 3.63) is 12.7 Å². The largest absolute Gasteiger partial charge is 0.352 e. The van der Waals surface area contributed by atoms with E-state index in [-0.39, 0.29) is 5.91 Å². The second-order valence-electron chi connectivity index (χ2n) is 4.53. The highest BCUT2D eigenvalue weighted by Gasteiger charge is 2.13. The maximum Gasteiger partial charge on any atom is 0.243 e. The van der Waals surface area contributed by atoms with Gasteiger partial charge in [0.15, 0.2) is 0 Å². The van der Waals surface area contributed by atoms with E-state index in [0.717, 1.165) is 17.6 Å². The molecule has 1 N–H and O–H groups in total. The number of hydrogen-bond acceptors (Lipinski definition) is 1. The molecule has 0 fully saturated rings. The summed E-state index contributed by atoms with van der Waals surface area (Å²) in [5.74, 6) is 0.400. The van der Waals surface area contributed by atoms with Gasteiger partial charge < -0.3 is 9.80 Å². The van der Waals surface area contributed by atoms with Crippen molar-refractivity contribution in [2.45, 2.75) is 6.92 Å². The number of nitrogens with zero attached hydrogens (tertiary/aromatic N) is 1. The van der Waals surface area contributed by atoms with E-state index in [1.165, 1.54) is 6.08 Å². The van der Waals surface area contributed by atoms with Crippen LogP contribution in [0.5, 0.6) is 0 Å². The molecule has 1 unspecified atom stereocenters. The van der Waals surface area contributed by atoms with Crippen molar-refractivity contribution in [2.75, 3.05) is 34.2 Å². The fourth-order valence-electron chi connectivity index (χ4n) is 1.35. The van der Waals surface area contributed by atoms with Gasteiger partial charge in [-0.15, -0.1) is 0 Å². The minimum Gasteiger partial charge on any atom is -0.352 e. The lowest BCUT2D eigenvalue weighted by Gasteiger charge is -2.27. The molecule has 13 heavy (non-hydrogen) atoms. The van der Waals surface area contributed by atoms with Gasteiger partial charge in [-0.25, -0.2) is 0 Å². The molecule has 1 atom stereocenters. The summed E-state index contributed by atoms with van der Waals surface area (Å²) < 4.78 is 0.922. The number of carbonyl (C=O) groups excluding carboxylic acids is 1. The van der Waals surface area contributed by atoms with E-state index < -0.39 is 0 Å². The quantitative estimate of drug-likeness (QED) is 0.494. The van der Waals surface area contributed by atoms with Crippen molar-refractivity contribution in [3.8, 4) is 0 Å². The molecule has 3 heteroatoms. The molecule has 0 radical (unpaired) electrons. The molecular weight excluding hydrogens is 164 g/mol. The van der Waals surface area contributed by atoms with Crippen LogP contribution in [0.1, 0.15) is 6.92 Å². The molecule has 0 heterocycles. The van der Waals surface area contributed by atoms with Crippen molar-refractivity contribution in [3.63, 3.8) is 0 Å². The molecule has 0 bridgehead atoms. The lowest BCUT2D eigenvalue weighted by atomic mass is 10.1. The van der Waals surface area contributed by atoms with Crippen LogP contribution in [0.4, 0.5) is 0 Å². The third-order valence-corrected chi connectivity index (χ3v) is 1.67. The highest BCUT2D eigenvalue weighted by molar-refractivity contribution is 5.86. The smallest absolute Gasteiger partial charge is 0.243 e. The third kappa shape index (κ3) is 7.53. The molecule has 0 aliphatic heterocycles. The molecule has 0 spiro atoms. The zero-order chi connectivity index (χ0) is 10.5. The van der Waals surface area contributed by atoms with Gasteiger partial charge in [-0.2, -0.15) is 0 Å². The second-order valence-corrected chi connectivity index (χ2v) is 4.53. The normalized spacial score (nSPS) is 13.5. The SMILES string of the molecule is C=CC(=O)NCC(C)C[N+](C)(C)C. The number of amides is 1. The molecule has 0 aromatic heterocycles. The Balaban J connectivity index is 3.69. The average molecular weight is 185 g/mol. The van der Waals surface area contributed by atoms with Crippen LogP contribution in [0, 0.1) is 5.92 Å². The van der Waals surface area contributed by atoms with E-state index in [1.54, 1.807) is 0 Å². The van der Waals surface area contributed by atoms with Gasteiger partial charge >= 0.3 is 0 Å². The van der Waals surface area contributed by atoms with Crippen molar-refractivity contribution < 1.29 is 9.28 Å². The van der Waals surface area contributed by atoms with E-state index in [1.807, 2.05) is 0 Å². The zero-order valence-corrected chi connectivity index (χ0v) is 9.13. The summed E-state index contributed by atoms with van der Waals surface area (Å²) in [5, 5.41) is 2.79. The molecule has 0 aromatic carbocycles. The van der Waals surface area contributed by atoms with E-state index in [0.29, 0.717) is 5.92 Å². The lowest BCUT2D eigenvalue weighted by Crippen LogP contribution is -2.41. The third-order valence-electron chi connectivity index (χ3n) is 1.67. The Morgan fingerprint density at radius 3 is 2.46 bits per heavy atom. The Hall–Kier alpha value is -0.830. The lowest BCUT2D eigenvalue weighted by molar-refractivity contribution is -0.873. The van der Waals surface area contributed by atoms with Crippen LogP contribution >= 0.6 is 0 Å². The van der Waals surface area contributed by atoms with Crippen LogP contribution in [0.25, 0.3) is 0 Å². The average Bonchev–Trinajstić information content (AvgIpc) is 1.97. The number of hydrogen-bond donors (Lipinski definition) is 1. The summed E-state index contributed by atoms with van der Waals surface area (Å²) in [6.07, 6.45) is 1.30. The van der Waals surface area contributed by atoms with Crippen LogP contribution in [-0.2, 0) is 4.79 Å². The molecule has 0 aromatic rings. The van der Waals surface area contributed by atoms with Gasteiger partial charge in [-0.05, 0) is 6.08 Å². The molecule has 0 rings (SSSR count). The van der Waals surface area contributed by atoms with E-state index in [2.05, 4.69) is 40.0 Å². The first kappa shape index (κ1) is 12.2. The summed E-state index contributed by atoms with van der Waals surface area (Å²) >= 11 is 0. The monoisotopic (exact) mass is 185 g/mol. The summed E-state index contributed by atoms with van der Waals surface area (Å²) in [4.78, 5) is 10.8. The van der Waals surface area contributed by atoms with Crippen LogP contribution in [-0.4, -0.2) is 44.6 Å². The van der Waals surface area contributed by atoms with Crippen molar-refractivity contribution in [1.82, 2.24) is 5.32 Å². The fourth-order valence-corrected chi connectivity index (χ4v) is 1.35. The summed E-state index contributed by atoms with van der Waals surface area (Å²) in [6.45, 7) is 7.30. The maximum atomic E-state index is 10.8. The van der Waals surface area contributed by atoms with Gasteiger partial charge in [0.25, 0.3) is 0 Å². The summed E-state index contributed by atoms with van der Waals surface area (Å²) in [7, 11) is 6.43. The molecule has 76 valence electrons. The Morgan fingerprint density at radius 2 is 2.08 bits per heavy atom. The summed E-state index contributed by atoms with van der Waals surface area (Å²) in [6, 6.07) is 0. The summed E-state index contributed by atoms with van der Waals surface area (Å²) in [5.41, 5.74) is 0. The van der Waals surface area contributed by atoms with E-state index >= 15 is 0 Å². The molecule has 0 saturated carbocycles. The number of quaternary nitrogens is 1. The van der Waals surface area contributed by atoms with E-state index in [9.17, 15) is 4.79 Å². The van der Waals surface area contributed by atoms with E-state index in [4.69, 9.17) is 0 Å². The zero-order valence-electron chi connectivity index (χ0n) is 9.13. The van der Waals surface area contributed by atoms with Gasteiger partial charge in [0.2, 0.25) is 5.91 Å². The second kappa shape index (κ2) is 5.02. The molecule has 1 amide bonds. The van der Waals surface area contributed by atoms with Gasteiger partial charge in [-0.3, -0.25) is 4.79 Å². The standard InChI is InChI=1S/C10H20N2O/c1-6-10(13)11-7-9(2)8-12(3,4)5/h6,9H,1,7-8H2,2-5H3/p+1. The predicted molar refractivity (Wildman–Crippen MR) is 55.3 cm³/mol. The van der Waals surface area contributed by atoms with Gasteiger partial charge in [0.05, 0.1) is 27.7 Å². The number of carbonyl (C=O) groups is 1. The Morgan fingerprint density at radius 1 is 1.54 bits per heavy atom. The first-order valence-electron chi connectivity index (χ1n) is 4.56. The van der Waals surface area contributed by atoms with Crippen LogP contribution < -0.4 is 5.32 Å². The molecule has 0 saturated heterocycles. The Bertz CT molecular complexity index is 182. The minimum absolute atomic E-state index is 0.0896. The van der Waals surface area contributed by atoms with Gasteiger partial charge in [-0.1, -0.05) is 13.5 Å². The minimum atomic E-state index is -0.0896. The van der Waals surface area contributed by atoms with Crippen LogP contribution in [0.15, 0.2) is 12.7 Å². The fraction of sp³-hybridized carbons (Fsp3) is 0.700. The molecule has 0 aliphatic rings. The first-order valence-corrected chi connectivity index (χ1v) is 4.56. The number of rotatable bonds is 5. The Kier molecular flexibility index (Phi) is 4.70. The maximum absolute atomic E-state index is 10.8. The predicted octanol–water partition coefficient (Wildman–Crippen LogP) is 0.631. The van der Waals surface area contributed by atoms with Crippen molar-refractivity contribution >= 4 is 5.91 Å². The highest BCUT2D eigenvalue weighted by atomic mass is 16.1. The highest BCUT2D eigenvalue weighted by Crippen LogP contribution is 2.00.